The van der Waals surface area contributed by atoms with Gasteiger partial charge in [0.2, 0.25) is 10.0 Å². The van der Waals surface area contributed by atoms with Crippen LogP contribution in [0.15, 0.2) is 54.9 Å². The zero-order valence-electron chi connectivity index (χ0n) is 14.7. The second kappa shape index (κ2) is 7.54. The fourth-order valence-corrected chi connectivity index (χ4v) is 3.18. The van der Waals surface area contributed by atoms with Crippen molar-refractivity contribution in [3.63, 3.8) is 0 Å². The molecule has 9 nitrogen and oxygen atoms in total. The van der Waals surface area contributed by atoms with E-state index in [2.05, 4.69) is 25.6 Å². The molecule has 1 atom stereocenters. The first-order valence-corrected chi connectivity index (χ1v) is 9.93. The van der Waals surface area contributed by atoms with Crippen LogP contribution in [0, 0.1) is 0 Å². The molecule has 0 aliphatic carbocycles. The van der Waals surface area contributed by atoms with E-state index in [4.69, 9.17) is 0 Å². The summed E-state index contributed by atoms with van der Waals surface area (Å²) in [7, 11) is -3.43. The maximum atomic E-state index is 12.6. The lowest BCUT2D eigenvalue weighted by Crippen LogP contribution is -2.27. The van der Waals surface area contributed by atoms with E-state index in [0.717, 1.165) is 6.26 Å². The van der Waals surface area contributed by atoms with Gasteiger partial charge in [-0.25, -0.2) is 13.1 Å². The number of aromatic nitrogens is 4. The van der Waals surface area contributed by atoms with Gasteiger partial charge in [0, 0.05) is 5.56 Å². The fraction of sp³-hybridized carbons (Fsp3) is 0.176. The molecule has 1 heterocycles. The van der Waals surface area contributed by atoms with E-state index in [1.54, 1.807) is 55.5 Å². The first-order valence-electron chi connectivity index (χ1n) is 8.04. The summed E-state index contributed by atoms with van der Waals surface area (Å²) in [6.07, 6.45) is 2.52. The van der Waals surface area contributed by atoms with Gasteiger partial charge < -0.3 is 5.32 Å². The molecule has 3 rings (SSSR count). The van der Waals surface area contributed by atoms with Crippen molar-refractivity contribution in [1.29, 1.82) is 0 Å². The van der Waals surface area contributed by atoms with Crippen LogP contribution in [0.2, 0.25) is 0 Å². The SMILES string of the molecule is C[C@@H](NC(=O)c1cccc(-n2cnnn2)c1)c1ccccc1NS(C)(=O)=O. The van der Waals surface area contributed by atoms with E-state index in [1.807, 2.05) is 0 Å². The maximum absolute atomic E-state index is 12.6. The van der Waals surface area contributed by atoms with E-state index >= 15 is 0 Å². The summed E-state index contributed by atoms with van der Waals surface area (Å²) in [5.41, 5.74) is 2.17. The van der Waals surface area contributed by atoms with Crippen LogP contribution in [0.25, 0.3) is 5.69 Å². The number of anilines is 1. The molecule has 0 aliphatic rings. The predicted molar refractivity (Wildman–Crippen MR) is 99.9 cm³/mol. The number of amides is 1. The summed E-state index contributed by atoms with van der Waals surface area (Å²) in [4.78, 5) is 12.6. The van der Waals surface area contributed by atoms with Crippen LogP contribution >= 0.6 is 0 Å². The van der Waals surface area contributed by atoms with Crippen molar-refractivity contribution < 1.29 is 13.2 Å². The van der Waals surface area contributed by atoms with Crippen molar-refractivity contribution in [2.24, 2.45) is 0 Å². The number of hydrogen-bond acceptors (Lipinski definition) is 6. The summed E-state index contributed by atoms with van der Waals surface area (Å²) in [6, 6.07) is 13.4. The van der Waals surface area contributed by atoms with E-state index in [1.165, 1.54) is 11.0 Å². The van der Waals surface area contributed by atoms with Crippen molar-refractivity contribution in [2.75, 3.05) is 11.0 Å². The highest BCUT2D eigenvalue weighted by Crippen LogP contribution is 2.23. The molecular weight excluding hydrogens is 368 g/mol. The predicted octanol–water partition coefficient (Wildman–Crippen LogP) is 1.52. The van der Waals surface area contributed by atoms with Crippen LogP contribution < -0.4 is 10.0 Å². The Bertz CT molecular complexity index is 1050. The van der Waals surface area contributed by atoms with Crippen LogP contribution in [-0.4, -0.2) is 40.8 Å². The molecule has 1 amide bonds. The molecular formula is C17H18N6O3S. The van der Waals surface area contributed by atoms with E-state index in [0.29, 0.717) is 22.5 Å². The Morgan fingerprint density at radius 1 is 1.15 bits per heavy atom. The van der Waals surface area contributed by atoms with Gasteiger partial charge in [-0.3, -0.25) is 9.52 Å². The van der Waals surface area contributed by atoms with Gasteiger partial charge in [0.25, 0.3) is 5.91 Å². The minimum absolute atomic E-state index is 0.299. The zero-order chi connectivity index (χ0) is 19.4. The van der Waals surface area contributed by atoms with Gasteiger partial charge in [0.05, 0.1) is 23.7 Å². The largest absolute Gasteiger partial charge is 0.345 e. The third-order valence-corrected chi connectivity index (χ3v) is 4.38. The van der Waals surface area contributed by atoms with E-state index in [9.17, 15) is 13.2 Å². The molecule has 0 saturated carbocycles. The lowest BCUT2D eigenvalue weighted by Gasteiger charge is -2.18. The minimum Gasteiger partial charge on any atom is -0.345 e. The summed E-state index contributed by atoms with van der Waals surface area (Å²) in [6.45, 7) is 1.78. The van der Waals surface area contributed by atoms with Crippen molar-refractivity contribution in [3.8, 4) is 5.69 Å². The van der Waals surface area contributed by atoms with Gasteiger partial charge >= 0.3 is 0 Å². The molecule has 0 saturated heterocycles. The lowest BCUT2D eigenvalue weighted by atomic mass is 10.1. The van der Waals surface area contributed by atoms with Gasteiger partial charge in [-0.1, -0.05) is 24.3 Å². The van der Waals surface area contributed by atoms with E-state index < -0.39 is 16.1 Å². The van der Waals surface area contributed by atoms with Crippen molar-refractivity contribution in [1.82, 2.24) is 25.5 Å². The number of nitrogens with one attached hydrogen (secondary N) is 2. The Kier molecular flexibility index (Phi) is 5.17. The maximum Gasteiger partial charge on any atom is 0.251 e. The van der Waals surface area contributed by atoms with Crippen LogP contribution in [0.1, 0.15) is 28.9 Å². The molecule has 2 aromatic carbocycles. The molecule has 140 valence electrons. The molecule has 1 aromatic heterocycles. The average molecular weight is 386 g/mol. The van der Waals surface area contributed by atoms with Gasteiger partial charge in [0.1, 0.15) is 6.33 Å². The number of benzene rings is 2. The number of tetrazole rings is 1. The Hall–Kier alpha value is -3.27. The lowest BCUT2D eigenvalue weighted by molar-refractivity contribution is 0.0940. The number of nitrogens with zero attached hydrogens (tertiary/aromatic N) is 4. The monoisotopic (exact) mass is 386 g/mol. The van der Waals surface area contributed by atoms with Crippen molar-refractivity contribution in [2.45, 2.75) is 13.0 Å². The Balaban J connectivity index is 1.80. The van der Waals surface area contributed by atoms with Gasteiger partial charge in [-0.15, -0.1) is 5.10 Å². The smallest absolute Gasteiger partial charge is 0.251 e. The molecule has 10 heteroatoms. The molecule has 2 N–H and O–H groups in total. The molecule has 0 unspecified atom stereocenters. The summed E-state index contributed by atoms with van der Waals surface area (Å²) < 4.78 is 27.0. The van der Waals surface area contributed by atoms with Crippen molar-refractivity contribution in [3.05, 3.63) is 66.0 Å². The van der Waals surface area contributed by atoms with Crippen LogP contribution in [0.4, 0.5) is 5.69 Å². The standard InChI is InChI=1S/C17H18N6O3S/c1-12(15-8-3-4-9-16(15)20-27(2,25)26)19-17(24)13-6-5-7-14(10-13)23-11-18-21-22-23/h3-12,20H,1-2H3,(H,19,24)/t12-/m1/s1. The number of carbonyl (C=O) groups is 1. The van der Waals surface area contributed by atoms with Crippen molar-refractivity contribution >= 4 is 21.6 Å². The number of rotatable bonds is 6. The van der Waals surface area contributed by atoms with Crippen LogP contribution in [0.3, 0.4) is 0 Å². The first-order chi connectivity index (χ1) is 12.8. The second-order valence-electron chi connectivity index (χ2n) is 5.96. The fourth-order valence-electron chi connectivity index (χ4n) is 2.59. The molecule has 0 spiro atoms. The number of sulfonamides is 1. The zero-order valence-corrected chi connectivity index (χ0v) is 15.5. The number of para-hydroxylation sites is 1. The van der Waals surface area contributed by atoms with Crippen LogP contribution in [-0.2, 0) is 10.0 Å². The molecule has 27 heavy (non-hydrogen) atoms. The molecule has 0 fully saturated rings. The van der Waals surface area contributed by atoms with Gasteiger partial charge in [-0.05, 0) is 47.2 Å². The third-order valence-electron chi connectivity index (χ3n) is 3.79. The summed E-state index contributed by atoms with van der Waals surface area (Å²) >= 11 is 0. The minimum atomic E-state index is -3.43. The average Bonchev–Trinajstić information content (AvgIpc) is 3.15. The Morgan fingerprint density at radius 2 is 1.93 bits per heavy atom. The summed E-state index contributed by atoms with van der Waals surface area (Å²) in [5.74, 6) is -0.299. The highest BCUT2D eigenvalue weighted by atomic mass is 32.2. The molecule has 0 aliphatic heterocycles. The van der Waals surface area contributed by atoms with Gasteiger partial charge in [-0.2, -0.15) is 0 Å². The topological polar surface area (TPSA) is 119 Å². The number of carbonyl (C=O) groups excluding carboxylic acids is 1. The molecule has 0 radical (unpaired) electrons. The normalized spacial score (nSPS) is 12.4. The molecule has 3 aromatic rings. The first kappa shape index (κ1) is 18.5. The second-order valence-corrected chi connectivity index (χ2v) is 7.71. The Morgan fingerprint density at radius 3 is 2.63 bits per heavy atom. The highest BCUT2D eigenvalue weighted by Gasteiger charge is 2.16. The quantitative estimate of drug-likeness (QED) is 0.663. The number of hydrogen-bond donors (Lipinski definition) is 2. The molecule has 0 bridgehead atoms. The third kappa shape index (κ3) is 4.67. The Labute approximate surface area is 156 Å². The van der Waals surface area contributed by atoms with Gasteiger partial charge in [0.15, 0.2) is 0 Å². The van der Waals surface area contributed by atoms with E-state index in [-0.39, 0.29) is 5.91 Å². The van der Waals surface area contributed by atoms with Crippen LogP contribution in [0.5, 0.6) is 0 Å². The highest BCUT2D eigenvalue weighted by molar-refractivity contribution is 7.92. The summed E-state index contributed by atoms with van der Waals surface area (Å²) in [5, 5.41) is 13.8.